The number of likely N-dealkylation sites (tertiary alicyclic amines) is 1. The van der Waals surface area contributed by atoms with Crippen LogP contribution in [0.3, 0.4) is 0 Å². The molecule has 3 heteroatoms. The quantitative estimate of drug-likeness (QED) is 0.822. The van der Waals surface area contributed by atoms with Gasteiger partial charge in [0.15, 0.2) is 0 Å². The Bertz CT molecular complexity index is 473. The first kappa shape index (κ1) is 15.1. The molecular weight excluding hydrogens is 250 g/mol. The van der Waals surface area contributed by atoms with E-state index in [1.54, 1.807) is 0 Å². The van der Waals surface area contributed by atoms with Crippen LogP contribution >= 0.6 is 0 Å². The van der Waals surface area contributed by atoms with Crippen molar-refractivity contribution in [3.05, 3.63) is 35.4 Å². The molecule has 0 spiro atoms. The van der Waals surface area contributed by atoms with E-state index in [1.807, 2.05) is 12.1 Å². The van der Waals surface area contributed by atoms with E-state index >= 15 is 0 Å². The normalized spacial score (nSPS) is 19.4. The zero-order valence-corrected chi connectivity index (χ0v) is 11.9. The van der Waals surface area contributed by atoms with Crippen molar-refractivity contribution in [2.24, 2.45) is 0 Å². The fraction of sp³-hybridized carbons (Fsp3) is 0.529. The lowest BCUT2D eigenvalue weighted by atomic mass is 9.98. The Kier molecular flexibility index (Phi) is 6.07. The van der Waals surface area contributed by atoms with Gasteiger partial charge in [-0.1, -0.05) is 30.4 Å². The Hall–Kier alpha value is -1.34. The largest absolute Gasteiger partial charge is 0.396 e. The third-order valence-corrected chi connectivity index (χ3v) is 3.84. The van der Waals surface area contributed by atoms with Crippen molar-refractivity contribution >= 4 is 0 Å². The average molecular weight is 273 g/mol. The second kappa shape index (κ2) is 8.06. The van der Waals surface area contributed by atoms with Gasteiger partial charge in [-0.3, -0.25) is 4.90 Å². The molecule has 0 aromatic heterocycles. The third-order valence-electron chi connectivity index (χ3n) is 3.84. The molecule has 0 amide bonds. The van der Waals surface area contributed by atoms with E-state index < -0.39 is 0 Å². The molecule has 1 aromatic rings. The molecule has 0 radical (unpaired) electrons. The highest BCUT2D eigenvalue weighted by Gasteiger charge is 2.21. The van der Waals surface area contributed by atoms with Gasteiger partial charge in [-0.25, -0.2) is 0 Å². The van der Waals surface area contributed by atoms with E-state index in [9.17, 15) is 5.11 Å². The molecule has 1 saturated heterocycles. The number of piperidine rings is 1. The van der Waals surface area contributed by atoms with Crippen molar-refractivity contribution in [2.45, 2.75) is 38.3 Å². The predicted octanol–water partition coefficient (Wildman–Crippen LogP) is 1.77. The molecule has 0 aliphatic carbocycles. The second-order valence-corrected chi connectivity index (χ2v) is 5.29. The number of benzene rings is 1. The molecular formula is C17H23NO2. The van der Waals surface area contributed by atoms with Crippen LogP contribution in [0.15, 0.2) is 24.3 Å². The SMILES string of the molecule is OCC#Cc1cccc(CN2CCCCC2CCO)c1. The lowest BCUT2D eigenvalue weighted by Crippen LogP contribution is -2.39. The van der Waals surface area contributed by atoms with Crippen molar-refractivity contribution in [1.29, 1.82) is 0 Å². The molecule has 1 heterocycles. The summed E-state index contributed by atoms with van der Waals surface area (Å²) in [5.74, 6) is 5.63. The van der Waals surface area contributed by atoms with Gasteiger partial charge in [0.2, 0.25) is 0 Å². The number of hydrogen-bond acceptors (Lipinski definition) is 3. The van der Waals surface area contributed by atoms with Gasteiger partial charge in [0.1, 0.15) is 6.61 Å². The van der Waals surface area contributed by atoms with Crippen LogP contribution in [0, 0.1) is 11.8 Å². The molecule has 3 nitrogen and oxygen atoms in total. The van der Waals surface area contributed by atoms with Gasteiger partial charge in [0, 0.05) is 24.8 Å². The number of hydrogen-bond donors (Lipinski definition) is 2. The zero-order valence-electron chi connectivity index (χ0n) is 11.9. The average Bonchev–Trinajstić information content (AvgIpc) is 2.48. The van der Waals surface area contributed by atoms with E-state index in [2.05, 4.69) is 28.9 Å². The summed E-state index contributed by atoms with van der Waals surface area (Å²) in [6, 6.07) is 8.69. The lowest BCUT2D eigenvalue weighted by molar-refractivity contribution is 0.112. The first-order chi connectivity index (χ1) is 9.83. The van der Waals surface area contributed by atoms with Crippen LogP contribution < -0.4 is 0 Å². The minimum Gasteiger partial charge on any atom is -0.396 e. The Morgan fingerprint density at radius 2 is 2.15 bits per heavy atom. The molecule has 20 heavy (non-hydrogen) atoms. The van der Waals surface area contributed by atoms with Gasteiger partial charge in [0.05, 0.1) is 0 Å². The molecule has 2 rings (SSSR count). The van der Waals surface area contributed by atoms with Crippen LogP contribution in [0.1, 0.15) is 36.8 Å². The van der Waals surface area contributed by atoms with Crippen LogP contribution in [-0.2, 0) is 6.54 Å². The molecule has 0 bridgehead atoms. The molecule has 1 atom stereocenters. The molecule has 0 saturated carbocycles. The molecule has 1 fully saturated rings. The van der Waals surface area contributed by atoms with Crippen molar-refractivity contribution < 1.29 is 10.2 Å². The van der Waals surface area contributed by atoms with Gasteiger partial charge in [-0.2, -0.15) is 0 Å². The minimum absolute atomic E-state index is 0.102. The Morgan fingerprint density at radius 3 is 2.95 bits per heavy atom. The lowest BCUT2D eigenvalue weighted by Gasteiger charge is -2.35. The van der Waals surface area contributed by atoms with Gasteiger partial charge in [0.25, 0.3) is 0 Å². The van der Waals surface area contributed by atoms with Crippen molar-refractivity contribution in [2.75, 3.05) is 19.8 Å². The summed E-state index contributed by atoms with van der Waals surface area (Å²) in [5, 5.41) is 17.9. The first-order valence-corrected chi connectivity index (χ1v) is 7.37. The van der Waals surface area contributed by atoms with Gasteiger partial charge < -0.3 is 10.2 Å². The van der Waals surface area contributed by atoms with E-state index in [1.165, 1.54) is 24.8 Å². The standard InChI is InChI=1S/C17H23NO2/c19-11-4-7-15-5-3-6-16(13-15)14-18-10-2-1-8-17(18)9-12-20/h3,5-6,13,17,19-20H,1-2,8-12,14H2. The maximum atomic E-state index is 9.17. The summed E-state index contributed by atoms with van der Waals surface area (Å²) in [7, 11) is 0. The van der Waals surface area contributed by atoms with Gasteiger partial charge in [-0.15, -0.1) is 0 Å². The van der Waals surface area contributed by atoms with Crippen LogP contribution in [-0.4, -0.2) is 40.9 Å². The molecule has 108 valence electrons. The first-order valence-electron chi connectivity index (χ1n) is 7.37. The molecule has 1 aliphatic heterocycles. The highest BCUT2D eigenvalue weighted by atomic mass is 16.3. The summed E-state index contributed by atoms with van der Waals surface area (Å²) >= 11 is 0. The number of aliphatic hydroxyl groups is 2. The van der Waals surface area contributed by atoms with Crippen molar-refractivity contribution in [3.63, 3.8) is 0 Å². The van der Waals surface area contributed by atoms with Crippen molar-refractivity contribution in [1.82, 2.24) is 4.90 Å². The van der Waals surface area contributed by atoms with Crippen LogP contribution in [0.2, 0.25) is 0 Å². The summed E-state index contributed by atoms with van der Waals surface area (Å²) in [6.45, 7) is 2.19. The number of nitrogens with zero attached hydrogens (tertiary/aromatic N) is 1. The number of rotatable bonds is 4. The van der Waals surface area contributed by atoms with Crippen LogP contribution in [0.25, 0.3) is 0 Å². The minimum atomic E-state index is -0.102. The van der Waals surface area contributed by atoms with Gasteiger partial charge in [-0.05, 0) is 43.5 Å². The topological polar surface area (TPSA) is 43.7 Å². The fourth-order valence-electron chi connectivity index (χ4n) is 2.87. The molecule has 1 aliphatic rings. The summed E-state index contributed by atoms with van der Waals surface area (Å²) < 4.78 is 0. The van der Waals surface area contributed by atoms with E-state index in [-0.39, 0.29) is 13.2 Å². The number of aliphatic hydroxyl groups excluding tert-OH is 2. The highest BCUT2D eigenvalue weighted by Crippen LogP contribution is 2.22. The van der Waals surface area contributed by atoms with Crippen molar-refractivity contribution in [3.8, 4) is 11.8 Å². The zero-order chi connectivity index (χ0) is 14.2. The fourth-order valence-corrected chi connectivity index (χ4v) is 2.87. The third kappa shape index (κ3) is 4.35. The monoisotopic (exact) mass is 273 g/mol. The Balaban J connectivity index is 2.04. The Labute approximate surface area is 121 Å². The second-order valence-electron chi connectivity index (χ2n) is 5.29. The van der Waals surface area contributed by atoms with Gasteiger partial charge >= 0.3 is 0 Å². The van der Waals surface area contributed by atoms with Crippen LogP contribution in [0.5, 0.6) is 0 Å². The highest BCUT2D eigenvalue weighted by molar-refractivity contribution is 5.37. The smallest absolute Gasteiger partial charge is 0.104 e. The summed E-state index contributed by atoms with van der Waals surface area (Å²) in [4.78, 5) is 2.47. The maximum Gasteiger partial charge on any atom is 0.104 e. The summed E-state index contributed by atoms with van der Waals surface area (Å²) in [6.07, 6.45) is 4.56. The predicted molar refractivity (Wildman–Crippen MR) is 80.2 cm³/mol. The van der Waals surface area contributed by atoms with E-state index in [0.29, 0.717) is 6.04 Å². The van der Waals surface area contributed by atoms with E-state index in [0.717, 1.165) is 25.1 Å². The van der Waals surface area contributed by atoms with Crippen LogP contribution in [0.4, 0.5) is 0 Å². The molecule has 1 unspecified atom stereocenters. The summed E-state index contributed by atoms with van der Waals surface area (Å²) in [5.41, 5.74) is 2.20. The maximum absolute atomic E-state index is 9.17. The molecule has 2 N–H and O–H groups in total. The Morgan fingerprint density at radius 1 is 1.25 bits per heavy atom. The molecule has 1 aromatic carbocycles. The van der Waals surface area contributed by atoms with E-state index in [4.69, 9.17) is 5.11 Å².